The first kappa shape index (κ1) is 7.38. The van der Waals surface area contributed by atoms with Gasteiger partial charge >= 0.3 is 0 Å². The Hall–Kier alpha value is 0.270. The van der Waals surface area contributed by atoms with Gasteiger partial charge in [-0.1, -0.05) is 0 Å². The molecule has 1 aromatic rings. The molecule has 0 aromatic carbocycles. The van der Waals surface area contributed by atoms with Crippen LogP contribution >= 0.6 is 45.7 Å². The molecule has 0 bridgehead atoms. The van der Waals surface area contributed by atoms with E-state index < -0.39 is 0 Å². The minimum Gasteiger partial charge on any atom is -0.240 e. The summed E-state index contributed by atoms with van der Waals surface area (Å²) in [5.74, 6) is 0. The van der Waals surface area contributed by atoms with Gasteiger partial charge in [-0.2, -0.15) is 8.19 Å². The second-order valence-corrected chi connectivity index (χ2v) is 2.73. The molecule has 1 rings (SSSR count). The lowest BCUT2D eigenvalue weighted by Crippen LogP contribution is -2.15. The lowest BCUT2D eigenvalue weighted by Gasteiger charge is -1.88. The molecule has 0 atom stereocenters. The summed E-state index contributed by atoms with van der Waals surface area (Å²) in [6.07, 6.45) is 3.11. The molecule has 0 aliphatic heterocycles. The smallest absolute Gasteiger partial charge is 0.240 e. The molecular weight excluding hydrogens is 346 g/mol. The largest absolute Gasteiger partial charge is 0.246 e. The van der Waals surface area contributed by atoms with Crippen molar-refractivity contribution in [1.82, 2.24) is 12.7 Å². The van der Waals surface area contributed by atoms with Crippen molar-refractivity contribution in [2.24, 2.45) is 3.21 Å². The van der Waals surface area contributed by atoms with Crippen LogP contribution in [0.2, 0.25) is 0 Å². The van der Waals surface area contributed by atoms with E-state index in [1.807, 2.05) is 22.9 Å². The molecule has 0 saturated heterocycles. The SMILES string of the molecule is I/N=c1/ncncn1I. The second-order valence-electron chi connectivity index (χ2n) is 1.20. The van der Waals surface area contributed by atoms with Gasteiger partial charge in [-0.05, 0) is 0 Å². The average molecular weight is 348 g/mol. The fourth-order valence-corrected chi connectivity index (χ4v) is 1.48. The summed E-state index contributed by atoms with van der Waals surface area (Å²) >= 11 is 3.94. The van der Waals surface area contributed by atoms with E-state index in [2.05, 4.69) is 36.0 Å². The van der Waals surface area contributed by atoms with Gasteiger partial charge in [-0.25, -0.2) is 7.76 Å². The van der Waals surface area contributed by atoms with Gasteiger partial charge in [0.1, 0.15) is 12.7 Å². The molecule has 0 aliphatic carbocycles. The van der Waals surface area contributed by atoms with E-state index in [0.717, 1.165) is 0 Å². The Balaban J connectivity index is 3.33. The highest BCUT2D eigenvalue weighted by Crippen LogP contribution is 1.83. The quantitative estimate of drug-likeness (QED) is 0.649. The highest BCUT2D eigenvalue weighted by molar-refractivity contribution is 14.1. The van der Waals surface area contributed by atoms with Crippen LogP contribution in [0.1, 0.15) is 0 Å². The van der Waals surface area contributed by atoms with Gasteiger partial charge in [-0.15, -0.1) is 0 Å². The first-order valence-electron chi connectivity index (χ1n) is 2.04. The van der Waals surface area contributed by atoms with Gasteiger partial charge in [-0.3, -0.25) is 0 Å². The topological polar surface area (TPSA) is 43.1 Å². The fraction of sp³-hybridized carbons (Fsp3) is 0. The Morgan fingerprint density at radius 2 is 2.44 bits per heavy atom. The van der Waals surface area contributed by atoms with Crippen molar-refractivity contribution in [3.8, 4) is 0 Å². The normalized spacial score (nSPS) is 12.0. The van der Waals surface area contributed by atoms with E-state index in [1.165, 1.54) is 6.33 Å². The number of hydrogen-bond acceptors (Lipinski definition) is 3. The van der Waals surface area contributed by atoms with E-state index in [4.69, 9.17) is 0 Å². The molecule has 0 amide bonds. The van der Waals surface area contributed by atoms with Crippen LogP contribution in [-0.4, -0.2) is 12.7 Å². The van der Waals surface area contributed by atoms with Crippen LogP contribution in [0.5, 0.6) is 0 Å². The van der Waals surface area contributed by atoms with Crippen molar-refractivity contribution in [3.63, 3.8) is 0 Å². The van der Waals surface area contributed by atoms with E-state index in [1.54, 1.807) is 9.11 Å². The molecule has 9 heavy (non-hydrogen) atoms. The predicted molar refractivity (Wildman–Crippen MR) is 49.0 cm³/mol. The van der Waals surface area contributed by atoms with Gasteiger partial charge in [0.2, 0.25) is 5.62 Å². The predicted octanol–water partition coefficient (Wildman–Crippen LogP) is 0.727. The summed E-state index contributed by atoms with van der Waals surface area (Å²) in [4.78, 5) is 7.64. The van der Waals surface area contributed by atoms with Crippen molar-refractivity contribution < 1.29 is 0 Å². The zero-order valence-corrected chi connectivity index (χ0v) is 8.51. The van der Waals surface area contributed by atoms with E-state index in [9.17, 15) is 0 Å². The summed E-state index contributed by atoms with van der Waals surface area (Å²) in [7, 11) is 0. The molecule has 0 aliphatic rings. The maximum absolute atomic E-state index is 3.87. The zero-order chi connectivity index (χ0) is 6.69. The van der Waals surface area contributed by atoms with Crippen molar-refractivity contribution in [3.05, 3.63) is 18.3 Å². The second kappa shape index (κ2) is 3.44. The van der Waals surface area contributed by atoms with Crippen LogP contribution in [0, 0.1) is 0 Å². The molecule has 0 unspecified atom stereocenters. The third-order valence-electron chi connectivity index (χ3n) is 0.675. The molecule has 0 N–H and O–H groups in total. The summed E-state index contributed by atoms with van der Waals surface area (Å²) in [6, 6.07) is 0. The molecule has 4 nitrogen and oxygen atoms in total. The van der Waals surface area contributed by atoms with Crippen LogP contribution in [0.4, 0.5) is 0 Å². The molecule has 1 aromatic heterocycles. The van der Waals surface area contributed by atoms with Crippen LogP contribution in [0.3, 0.4) is 0 Å². The summed E-state index contributed by atoms with van der Waals surface area (Å²) in [6.45, 7) is 0. The van der Waals surface area contributed by atoms with E-state index in [-0.39, 0.29) is 0 Å². The Kier molecular flexibility index (Phi) is 2.82. The lowest BCUT2D eigenvalue weighted by atomic mass is 11.0. The standard InChI is InChI=1S/C3H2I2N4/c4-8-3-7-1-6-2-9(3)5/h1-2H/b8-3-. The minimum atomic E-state index is 0.659. The van der Waals surface area contributed by atoms with Gasteiger partial charge in [0.25, 0.3) is 0 Å². The van der Waals surface area contributed by atoms with E-state index in [0.29, 0.717) is 5.62 Å². The third kappa shape index (κ3) is 1.85. The zero-order valence-electron chi connectivity index (χ0n) is 4.20. The number of aromatic nitrogens is 3. The van der Waals surface area contributed by atoms with Gasteiger partial charge in [0, 0.05) is 0 Å². The average Bonchev–Trinajstić information content (AvgIpc) is 1.89. The van der Waals surface area contributed by atoms with Crippen LogP contribution < -0.4 is 5.62 Å². The highest BCUT2D eigenvalue weighted by atomic mass is 127. The van der Waals surface area contributed by atoms with Crippen molar-refractivity contribution >= 4 is 45.7 Å². The number of nitrogens with zero attached hydrogens (tertiary/aromatic N) is 4. The maximum Gasteiger partial charge on any atom is 0.246 e. The van der Waals surface area contributed by atoms with Crippen LogP contribution in [0.25, 0.3) is 0 Å². The minimum absolute atomic E-state index is 0.659. The van der Waals surface area contributed by atoms with Crippen molar-refractivity contribution in [2.75, 3.05) is 0 Å². The van der Waals surface area contributed by atoms with Gasteiger partial charge in [0.15, 0.2) is 0 Å². The first-order chi connectivity index (χ1) is 4.34. The Morgan fingerprint density at radius 1 is 1.67 bits per heavy atom. The monoisotopic (exact) mass is 348 g/mol. The molecular formula is C3H2I2N4. The van der Waals surface area contributed by atoms with E-state index >= 15 is 0 Å². The third-order valence-corrected chi connectivity index (χ3v) is 1.79. The molecule has 0 spiro atoms. The summed E-state index contributed by atoms with van der Waals surface area (Å²) in [5, 5.41) is 0. The number of halogens is 2. The lowest BCUT2D eigenvalue weighted by molar-refractivity contribution is 0.944. The fourth-order valence-electron chi connectivity index (χ4n) is 0.338. The highest BCUT2D eigenvalue weighted by Gasteiger charge is 1.83. The number of hydrogen-bond donors (Lipinski definition) is 0. The van der Waals surface area contributed by atoms with Crippen molar-refractivity contribution in [2.45, 2.75) is 0 Å². The Morgan fingerprint density at radius 3 is 2.89 bits per heavy atom. The van der Waals surface area contributed by atoms with Crippen LogP contribution in [0.15, 0.2) is 15.9 Å². The molecule has 0 fully saturated rings. The molecule has 0 saturated carbocycles. The maximum atomic E-state index is 3.87. The first-order valence-corrected chi connectivity index (χ1v) is 3.97. The summed E-state index contributed by atoms with van der Waals surface area (Å²) in [5.41, 5.74) is 0.659. The van der Waals surface area contributed by atoms with Crippen molar-refractivity contribution in [1.29, 1.82) is 0 Å². The summed E-state index contributed by atoms with van der Waals surface area (Å²) < 4.78 is 5.56. The van der Waals surface area contributed by atoms with Crippen LogP contribution in [-0.2, 0) is 0 Å². The molecule has 6 heteroatoms. The van der Waals surface area contributed by atoms with Gasteiger partial charge in [0.05, 0.1) is 45.7 Å². The Bertz CT molecular complexity index is 254. The Labute approximate surface area is 79.4 Å². The molecule has 48 valence electrons. The van der Waals surface area contributed by atoms with Gasteiger partial charge < -0.3 is 0 Å². The number of rotatable bonds is 0. The molecule has 0 radical (unpaired) electrons. The molecule has 1 heterocycles.